The fraction of sp³-hybridized carbons (Fsp3) is 0.500. The van der Waals surface area contributed by atoms with Gasteiger partial charge in [0.2, 0.25) is 15.9 Å². The third-order valence-corrected chi connectivity index (χ3v) is 5.93. The van der Waals surface area contributed by atoms with E-state index < -0.39 is 10.0 Å². The molecule has 1 amide bonds. The second kappa shape index (κ2) is 7.41. The van der Waals surface area contributed by atoms with Gasteiger partial charge in [-0.2, -0.15) is 4.31 Å². The quantitative estimate of drug-likeness (QED) is 0.856. The van der Waals surface area contributed by atoms with Crippen molar-refractivity contribution in [3.05, 3.63) is 29.3 Å². The lowest BCUT2D eigenvalue weighted by atomic mass is 10.3. The van der Waals surface area contributed by atoms with Crippen LogP contribution in [0.15, 0.2) is 29.2 Å². The zero-order valence-corrected chi connectivity index (χ0v) is 14.0. The maximum atomic E-state index is 12.6. The predicted molar refractivity (Wildman–Crippen MR) is 85.3 cm³/mol. The molecular weight excluding hydrogens is 326 g/mol. The summed E-state index contributed by atoms with van der Waals surface area (Å²) in [5, 5.41) is 2.97. The van der Waals surface area contributed by atoms with Crippen molar-refractivity contribution >= 4 is 27.5 Å². The normalized spacial score (nSPS) is 17.4. The molecule has 122 valence electrons. The first-order valence-corrected chi connectivity index (χ1v) is 9.00. The van der Waals surface area contributed by atoms with E-state index in [0.29, 0.717) is 39.3 Å². The van der Waals surface area contributed by atoms with E-state index in [1.807, 2.05) is 11.8 Å². The number of likely N-dealkylation sites (N-methyl/N-ethyl adjacent to an activating group) is 1. The largest absolute Gasteiger partial charge is 0.355 e. The van der Waals surface area contributed by atoms with Gasteiger partial charge in [-0.05, 0) is 19.1 Å². The number of hydrogen-bond donors (Lipinski definition) is 1. The first-order chi connectivity index (χ1) is 10.4. The lowest BCUT2D eigenvalue weighted by Crippen LogP contribution is -2.51. The van der Waals surface area contributed by atoms with Crippen LogP contribution >= 0.6 is 11.6 Å². The van der Waals surface area contributed by atoms with Crippen LogP contribution in [0.1, 0.15) is 6.92 Å². The monoisotopic (exact) mass is 345 g/mol. The highest BCUT2D eigenvalue weighted by Crippen LogP contribution is 2.24. The number of halogens is 1. The molecule has 22 heavy (non-hydrogen) atoms. The number of rotatable bonds is 5. The Balaban J connectivity index is 1.99. The fourth-order valence-electron chi connectivity index (χ4n) is 2.38. The van der Waals surface area contributed by atoms with Gasteiger partial charge in [-0.25, -0.2) is 8.42 Å². The Labute approximate surface area is 136 Å². The van der Waals surface area contributed by atoms with Crippen LogP contribution in [-0.2, 0) is 14.8 Å². The smallest absolute Gasteiger partial charge is 0.244 e. The summed E-state index contributed by atoms with van der Waals surface area (Å²) in [7, 11) is -3.58. The number of nitrogens with zero attached hydrogens (tertiary/aromatic N) is 2. The van der Waals surface area contributed by atoms with Crippen molar-refractivity contribution in [2.24, 2.45) is 0 Å². The summed E-state index contributed by atoms with van der Waals surface area (Å²) >= 11 is 5.99. The third kappa shape index (κ3) is 3.98. The Hall–Kier alpha value is -1.15. The molecule has 0 unspecified atom stereocenters. The molecule has 1 N–H and O–H groups in total. The minimum atomic E-state index is -3.58. The van der Waals surface area contributed by atoms with Gasteiger partial charge >= 0.3 is 0 Å². The number of carbonyl (C=O) groups is 1. The van der Waals surface area contributed by atoms with Crippen LogP contribution in [0.25, 0.3) is 0 Å². The summed E-state index contributed by atoms with van der Waals surface area (Å²) in [6.07, 6.45) is 0. The van der Waals surface area contributed by atoms with Gasteiger partial charge < -0.3 is 5.32 Å². The number of benzene rings is 1. The molecule has 1 aromatic carbocycles. The van der Waals surface area contributed by atoms with E-state index in [0.717, 1.165) is 0 Å². The van der Waals surface area contributed by atoms with Gasteiger partial charge in [-0.15, -0.1) is 0 Å². The van der Waals surface area contributed by atoms with Gasteiger partial charge in [0.15, 0.2) is 0 Å². The minimum Gasteiger partial charge on any atom is -0.355 e. The Morgan fingerprint density at radius 3 is 2.45 bits per heavy atom. The Morgan fingerprint density at radius 2 is 1.86 bits per heavy atom. The van der Waals surface area contributed by atoms with Crippen LogP contribution in [0.2, 0.25) is 5.02 Å². The van der Waals surface area contributed by atoms with Crippen molar-refractivity contribution < 1.29 is 13.2 Å². The second-order valence-corrected chi connectivity index (χ2v) is 7.38. The van der Waals surface area contributed by atoms with Gasteiger partial charge in [0, 0.05) is 32.7 Å². The molecule has 6 nitrogen and oxygen atoms in total. The highest BCUT2D eigenvalue weighted by atomic mass is 35.5. The Kier molecular flexibility index (Phi) is 5.80. The molecule has 1 aliphatic heterocycles. The highest BCUT2D eigenvalue weighted by molar-refractivity contribution is 7.89. The molecule has 0 saturated carbocycles. The Morgan fingerprint density at radius 1 is 1.23 bits per heavy atom. The zero-order valence-electron chi connectivity index (χ0n) is 12.5. The lowest BCUT2D eigenvalue weighted by Gasteiger charge is -2.33. The van der Waals surface area contributed by atoms with Crippen molar-refractivity contribution in [3.63, 3.8) is 0 Å². The van der Waals surface area contributed by atoms with E-state index >= 15 is 0 Å². The molecule has 1 aromatic rings. The zero-order chi connectivity index (χ0) is 16.2. The molecule has 1 aliphatic rings. The maximum absolute atomic E-state index is 12.6. The summed E-state index contributed by atoms with van der Waals surface area (Å²) in [6, 6.07) is 6.44. The molecule has 1 heterocycles. The molecule has 8 heteroatoms. The van der Waals surface area contributed by atoms with E-state index in [1.165, 1.54) is 10.4 Å². The van der Waals surface area contributed by atoms with Gasteiger partial charge in [-0.3, -0.25) is 9.69 Å². The molecule has 2 rings (SSSR count). The van der Waals surface area contributed by atoms with Crippen LogP contribution in [0, 0.1) is 0 Å². The SMILES string of the molecule is CCNC(=O)CN1CCN(S(=O)(=O)c2ccccc2Cl)CC1. The predicted octanol–water partition coefficient (Wildman–Crippen LogP) is 0.782. The van der Waals surface area contributed by atoms with Crippen molar-refractivity contribution in [1.29, 1.82) is 0 Å². The number of sulfonamides is 1. The molecule has 0 radical (unpaired) electrons. The topological polar surface area (TPSA) is 69.7 Å². The molecule has 0 aliphatic carbocycles. The maximum Gasteiger partial charge on any atom is 0.244 e. The second-order valence-electron chi connectivity index (χ2n) is 5.06. The molecule has 1 saturated heterocycles. The van der Waals surface area contributed by atoms with E-state index in [4.69, 9.17) is 11.6 Å². The number of hydrogen-bond acceptors (Lipinski definition) is 4. The van der Waals surface area contributed by atoms with Crippen molar-refractivity contribution in [2.75, 3.05) is 39.3 Å². The van der Waals surface area contributed by atoms with Crippen molar-refractivity contribution in [1.82, 2.24) is 14.5 Å². The minimum absolute atomic E-state index is 0.0371. The lowest BCUT2D eigenvalue weighted by molar-refractivity contribution is -0.122. The molecular formula is C14H20ClN3O3S. The highest BCUT2D eigenvalue weighted by Gasteiger charge is 2.30. The van der Waals surface area contributed by atoms with E-state index in [1.54, 1.807) is 18.2 Å². The summed E-state index contributed by atoms with van der Waals surface area (Å²) in [4.78, 5) is 13.6. The molecule has 0 atom stereocenters. The summed E-state index contributed by atoms with van der Waals surface area (Å²) < 4.78 is 26.6. The van der Waals surface area contributed by atoms with Crippen molar-refractivity contribution in [3.8, 4) is 0 Å². The van der Waals surface area contributed by atoms with Crippen LogP contribution in [0.5, 0.6) is 0 Å². The third-order valence-electron chi connectivity index (χ3n) is 3.53. The first-order valence-electron chi connectivity index (χ1n) is 7.19. The summed E-state index contributed by atoms with van der Waals surface area (Å²) in [5.74, 6) is -0.0371. The molecule has 1 fully saturated rings. The van der Waals surface area contributed by atoms with Gasteiger partial charge in [-0.1, -0.05) is 23.7 Å². The average Bonchev–Trinajstić information content (AvgIpc) is 2.48. The van der Waals surface area contributed by atoms with Crippen molar-refractivity contribution in [2.45, 2.75) is 11.8 Å². The van der Waals surface area contributed by atoms with Gasteiger partial charge in [0.25, 0.3) is 0 Å². The van der Waals surface area contributed by atoms with Gasteiger partial charge in [0.05, 0.1) is 11.6 Å². The van der Waals surface area contributed by atoms with E-state index in [9.17, 15) is 13.2 Å². The van der Waals surface area contributed by atoms with E-state index in [-0.39, 0.29) is 15.8 Å². The summed E-state index contributed by atoms with van der Waals surface area (Å²) in [5.41, 5.74) is 0. The number of nitrogens with one attached hydrogen (secondary N) is 1. The molecule has 0 spiro atoms. The number of carbonyl (C=O) groups excluding carboxylic acids is 1. The number of piperazine rings is 1. The standard InChI is InChI=1S/C14H20ClN3O3S/c1-2-16-14(19)11-17-7-9-18(10-8-17)22(20,21)13-6-4-3-5-12(13)15/h3-6H,2,7-11H2,1H3,(H,16,19). The molecule has 0 bridgehead atoms. The van der Waals surface area contributed by atoms with Gasteiger partial charge in [0.1, 0.15) is 4.90 Å². The van der Waals surface area contributed by atoms with E-state index in [2.05, 4.69) is 5.32 Å². The summed E-state index contributed by atoms with van der Waals surface area (Å²) in [6.45, 7) is 4.53. The number of amides is 1. The fourth-order valence-corrected chi connectivity index (χ4v) is 4.29. The molecule has 0 aromatic heterocycles. The Bertz CT molecular complexity index is 628. The average molecular weight is 346 g/mol. The van der Waals surface area contributed by atoms with Crippen LogP contribution in [0.3, 0.4) is 0 Å². The van der Waals surface area contributed by atoms with Crippen LogP contribution < -0.4 is 5.32 Å². The van der Waals surface area contributed by atoms with Crippen LogP contribution in [0.4, 0.5) is 0 Å². The van der Waals surface area contributed by atoms with Crippen LogP contribution in [-0.4, -0.2) is 62.8 Å². The first kappa shape index (κ1) is 17.2.